The van der Waals surface area contributed by atoms with Gasteiger partial charge in [-0.1, -0.05) is 12.5 Å². The molecule has 0 spiro atoms. The summed E-state index contributed by atoms with van der Waals surface area (Å²) in [5, 5.41) is 2.90. The molecule has 0 aliphatic carbocycles. The molecule has 1 amide bonds. The second-order valence-corrected chi connectivity index (χ2v) is 6.21. The molecule has 134 valence electrons. The summed E-state index contributed by atoms with van der Waals surface area (Å²) in [6, 6.07) is 6.17. The van der Waals surface area contributed by atoms with Crippen molar-refractivity contribution in [2.45, 2.75) is 31.9 Å². The summed E-state index contributed by atoms with van der Waals surface area (Å²) in [6.07, 6.45) is 4.79. The Morgan fingerprint density at radius 2 is 2.36 bits per heavy atom. The van der Waals surface area contributed by atoms with Gasteiger partial charge in [0.15, 0.2) is 12.3 Å². The highest BCUT2D eigenvalue weighted by Crippen LogP contribution is 2.15. The Balaban J connectivity index is 1.49. The monoisotopic (exact) mass is 347 g/mol. The molecule has 0 bridgehead atoms. The van der Waals surface area contributed by atoms with Gasteiger partial charge in [0.25, 0.3) is 5.91 Å². The number of nitrogens with zero attached hydrogens (tertiary/aromatic N) is 2. The maximum absolute atomic E-state index is 13.1. The lowest BCUT2D eigenvalue weighted by atomic mass is 10.0. The molecule has 25 heavy (non-hydrogen) atoms. The van der Waals surface area contributed by atoms with E-state index in [1.165, 1.54) is 31.2 Å². The number of nitrogens with one attached hydrogen (secondary N) is 1. The van der Waals surface area contributed by atoms with E-state index in [0.717, 1.165) is 13.0 Å². The van der Waals surface area contributed by atoms with E-state index in [1.807, 2.05) is 0 Å². The van der Waals surface area contributed by atoms with Gasteiger partial charge in [0.2, 0.25) is 5.89 Å². The molecule has 1 atom stereocenters. The number of carbonyl (C=O) groups is 1. The van der Waals surface area contributed by atoms with Crippen LogP contribution in [0.15, 0.2) is 34.9 Å². The Labute approximate surface area is 146 Å². The highest BCUT2D eigenvalue weighted by Gasteiger charge is 2.20. The fraction of sp³-hybridized carbons (Fsp3) is 0.444. The molecule has 0 saturated carbocycles. The molecule has 2 aromatic rings. The van der Waals surface area contributed by atoms with Crippen LogP contribution in [0.3, 0.4) is 0 Å². The molecule has 1 N–H and O–H groups in total. The van der Waals surface area contributed by atoms with Gasteiger partial charge in [0.05, 0.1) is 0 Å². The summed E-state index contributed by atoms with van der Waals surface area (Å²) < 4.78 is 23.7. The van der Waals surface area contributed by atoms with Crippen molar-refractivity contribution in [1.82, 2.24) is 15.2 Å². The maximum Gasteiger partial charge on any atom is 0.273 e. The van der Waals surface area contributed by atoms with Gasteiger partial charge in [0, 0.05) is 18.7 Å². The smallest absolute Gasteiger partial charge is 0.273 e. The predicted octanol–water partition coefficient (Wildman–Crippen LogP) is 2.61. The van der Waals surface area contributed by atoms with E-state index >= 15 is 0 Å². The first-order chi connectivity index (χ1) is 12.1. The van der Waals surface area contributed by atoms with E-state index in [-0.39, 0.29) is 29.9 Å². The molecule has 3 rings (SSSR count). The van der Waals surface area contributed by atoms with Gasteiger partial charge < -0.3 is 19.4 Å². The number of hydrogen-bond acceptors (Lipinski definition) is 5. The Bertz CT molecular complexity index is 719. The number of likely N-dealkylation sites (tertiary alicyclic amines) is 1. The lowest BCUT2D eigenvalue weighted by Gasteiger charge is -2.32. The molecular weight excluding hydrogens is 325 g/mol. The van der Waals surface area contributed by atoms with Crippen LogP contribution in [0.4, 0.5) is 4.39 Å². The minimum Gasteiger partial charge on any atom is -0.484 e. The number of piperidine rings is 1. The van der Waals surface area contributed by atoms with Crippen LogP contribution in [0, 0.1) is 5.82 Å². The number of rotatable bonds is 6. The molecule has 0 unspecified atom stereocenters. The van der Waals surface area contributed by atoms with Crippen LogP contribution in [0.25, 0.3) is 0 Å². The second kappa shape index (κ2) is 8.11. The maximum atomic E-state index is 13.1. The van der Waals surface area contributed by atoms with E-state index in [2.05, 4.69) is 22.2 Å². The lowest BCUT2D eigenvalue weighted by Crippen LogP contribution is -2.44. The zero-order valence-corrected chi connectivity index (χ0v) is 14.2. The summed E-state index contributed by atoms with van der Waals surface area (Å²) in [5.41, 5.74) is 0.219. The SMILES string of the molecule is CN1CCCC[C@H]1CNC(=O)c1coc(COc2cccc(F)c2)n1. The van der Waals surface area contributed by atoms with Crippen molar-refractivity contribution in [2.75, 3.05) is 20.1 Å². The zero-order valence-electron chi connectivity index (χ0n) is 14.2. The van der Waals surface area contributed by atoms with Crippen molar-refractivity contribution < 1.29 is 18.3 Å². The van der Waals surface area contributed by atoms with Gasteiger partial charge in [-0.25, -0.2) is 9.37 Å². The van der Waals surface area contributed by atoms with E-state index in [9.17, 15) is 9.18 Å². The van der Waals surface area contributed by atoms with Crippen molar-refractivity contribution in [3.63, 3.8) is 0 Å². The fourth-order valence-corrected chi connectivity index (χ4v) is 2.89. The van der Waals surface area contributed by atoms with Gasteiger partial charge in [0.1, 0.15) is 17.8 Å². The average Bonchev–Trinajstić information content (AvgIpc) is 3.08. The number of likely N-dealkylation sites (N-methyl/N-ethyl adjacent to an activating group) is 1. The molecule has 1 aromatic heterocycles. The Hall–Kier alpha value is -2.41. The molecule has 1 aromatic carbocycles. The molecule has 1 fully saturated rings. The minimum absolute atomic E-state index is 0.0299. The number of benzene rings is 1. The highest BCUT2D eigenvalue weighted by molar-refractivity contribution is 5.91. The fourth-order valence-electron chi connectivity index (χ4n) is 2.89. The van der Waals surface area contributed by atoms with E-state index in [4.69, 9.17) is 9.15 Å². The molecule has 1 aliphatic rings. The van der Waals surface area contributed by atoms with E-state index < -0.39 is 0 Å². The van der Waals surface area contributed by atoms with Gasteiger partial charge in [-0.3, -0.25) is 4.79 Å². The molecule has 1 saturated heterocycles. The van der Waals surface area contributed by atoms with Crippen molar-refractivity contribution >= 4 is 5.91 Å². The van der Waals surface area contributed by atoms with Crippen LogP contribution in [0.5, 0.6) is 5.75 Å². The van der Waals surface area contributed by atoms with Crippen LogP contribution in [0.2, 0.25) is 0 Å². The second-order valence-electron chi connectivity index (χ2n) is 6.21. The summed E-state index contributed by atoms with van der Waals surface area (Å²) in [5.74, 6) is 0.00566. The molecule has 0 radical (unpaired) electrons. The number of aromatic nitrogens is 1. The summed E-state index contributed by atoms with van der Waals surface area (Å²) in [4.78, 5) is 18.6. The first-order valence-electron chi connectivity index (χ1n) is 8.43. The normalized spacial score (nSPS) is 18.1. The van der Waals surface area contributed by atoms with Crippen molar-refractivity contribution in [3.8, 4) is 5.75 Å². The van der Waals surface area contributed by atoms with Crippen LogP contribution in [0.1, 0.15) is 35.6 Å². The third kappa shape index (κ3) is 4.79. The minimum atomic E-state index is -0.377. The number of hydrogen-bond donors (Lipinski definition) is 1. The van der Waals surface area contributed by atoms with E-state index in [1.54, 1.807) is 12.1 Å². The van der Waals surface area contributed by atoms with Crippen LogP contribution < -0.4 is 10.1 Å². The van der Waals surface area contributed by atoms with Crippen LogP contribution in [-0.4, -0.2) is 42.0 Å². The summed E-state index contributed by atoms with van der Waals surface area (Å²) in [6.45, 7) is 1.69. The van der Waals surface area contributed by atoms with Crippen molar-refractivity contribution in [1.29, 1.82) is 0 Å². The third-order valence-electron chi connectivity index (χ3n) is 4.36. The largest absolute Gasteiger partial charge is 0.484 e. The van der Waals surface area contributed by atoms with Crippen molar-refractivity contribution in [3.05, 3.63) is 47.9 Å². The zero-order chi connectivity index (χ0) is 17.6. The number of oxazole rings is 1. The summed E-state index contributed by atoms with van der Waals surface area (Å²) >= 11 is 0. The number of halogens is 1. The van der Waals surface area contributed by atoms with Gasteiger partial charge >= 0.3 is 0 Å². The topological polar surface area (TPSA) is 67.6 Å². The first-order valence-corrected chi connectivity index (χ1v) is 8.43. The molecule has 1 aliphatic heterocycles. The van der Waals surface area contributed by atoms with Gasteiger partial charge in [-0.2, -0.15) is 0 Å². The standard InChI is InChI=1S/C18H22FN3O3/c1-22-8-3-2-6-14(22)10-20-18(23)16-11-25-17(21-16)12-24-15-7-4-5-13(19)9-15/h4-5,7,9,11,14H,2-3,6,8,10,12H2,1H3,(H,20,23)/t14-/m0/s1. The Morgan fingerprint density at radius 1 is 1.48 bits per heavy atom. The van der Waals surface area contributed by atoms with Crippen LogP contribution >= 0.6 is 0 Å². The van der Waals surface area contributed by atoms with Crippen LogP contribution in [-0.2, 0) is 6.61 Å². The lowest BCUT2D eigenvalue weighted by molar-refractivity contribution is 0.0923. The average molecular weight is 347 g/mol. The molecular formula is C18H22FN3O3. The number of carbonyl (C=O) groups excluding carboxylic acids is 1. The molecule has 6 nitrogen and oxygen atoms in total. The highest BCUT2D eigenvalue weighted by atomic mass is 19.1. The Morgan fingerprint density at radius 3 is 3.16 bits per heavy atom. The van der Waals surface area contributed by atoms with Gasteiger partial charge in [-0.15, -0.1) is 0 Å². The predicted molar refractivity (Wildman–Crippen MR) is 89.8 cm³/mol. The Kier molecular flexibility index (Phi) is 5.65. The van der Waals surface area contributed by atoms with Crippen molar-refractivity contribution in [2.24, 2.45) is 0 Å². The molecule has 2 heterocycles. The van der Waals surface area contributed by atoms with Gasteiger partial charge in [-0.05, 0) is 38.6 Å². The quantitative estimate of drug-likeness (QED) is 0.870. The number of amides is 1. The molecule has 7 heteroatoms. The first kappa shape index (κ1) is 17.4. The third-order valence-corrected chi connectivity index (χ3v) is 4.36. The number of ether oxygens (including phenoxy) is 1. The summed E-state index contributed by atoms with van der Waals surface area (Å²) in [7, 11) is 2.08. The van der Waals surface area contributed by atoms with E-state index in [0.29, 0.717) is 18.3 Å².